The minimum Gasteiger partial charge on any atom is -0.493 e. The third-order valence-corrected chi connectivity index (χ3v) is 3.95. The summed E-state index contributed by atoms with van der Waals surface area (Å²) in [5.41, 5.74) is 2.81. The summed E-state index contributed by atoms with van der Waals surface area (Å²) in [6.45, 7) is 0.703. The molecule has 3 rings (SSSR count). The van der Waals surface area contributed by atoms with E-state index in [1.54, 1.807) is 19.2 Å². The minimum absolute atomic E-state index is 0.100. The van der Waals surface area contributed by atoms with Crippen molar-refractivity contribution in [2.24, 2.45) is 0 Å². The van der Waals surface area contributed by atoms with E-state index in [0.29, 0.717) is 36.0 Å². The maximum atomic E-state index is 9.51. The number of aliphatic hydroxyl groups is 1. The van der Waals surface area contributed by atoms with Crippen LogP contribution in [0.5, 0.6) is 17.2 Å². The highest BCUT2D eigenvalue weighted by Crippen LogP contribution is 2.39. The van der Waals surface area contributed by atoms with Crippen molar-refractivity contribution in [1.29, 1.82) is 0 Å². The summed E-state index contributed by atoms with van der Waals surface area (Å²) < 4.78 is 17.4. The molecule has 4 nitrogen and oxygen atoms in total. The van der Waals surface area contributed by atoms with Gasteiger partial charge in [-0.05, 0) is 28.8 Å². The zero-order valence-corrected chi connectivity index (χ0v) is 14.7. The van der Waals surface area contributed by atoms with E-state index < -0.39 is 0 Å². The second kappa shape index (κ2) is 8.92. The number of ether oxygens (including phenoxy) is 3. The van der Waals surface area contributed by atoms with Gasteiger partial charge in [0.05, 0.1) is 13.7 Å². The van der Waals surface area contributed by atoms with E-state index in [4.69, 9.17) is 14.2 Å². The Balaban J connectivity index is 1.84. The first-order chi connectivity index (χ1) is 12.8. The lowest BCUT2D eigenvalue weighted by Crippen LogP contribution is -2.03. The Hall–Kier alpha value is -2.98. The van der Waals surface area contributed by atoms with Crippen molar-refractivity contribution in [3.8, 4) is 17.2 Å². The molecule has 4 heteroatoms. The second-order valence-corrected chi connectivity index (χ2v) is 5.83. The van der Waals surface area contributed by atoms with Gasteiger partial charge in [0, 0.05) is 0 Å². The van der Waals surface area contributed by atoms with Crippen molar-refractivity contribution in [2.75, 3.05) is 7.11 Å². The summed E-state index contributed by atoms with van der Waals surface area (Å²) in [6.07, 6.45) is 0. The van der Waals surface area contributed by atoms with E-state index in [1.807, 2.05) is 60.7 Å². The lowest BCUT2D eigenvalue weighted by Gasteiger charge is -2.17. The predicted molar refractivity (Wildman–Crippen MR) is 100 cm³/mol. The lowest BCUT2D eigenvalue weighted by molar-refractivity contribution is 0.240. The highest BCUT2D eigenvalue weighted by molar-refractivity contribution is 5.54. The van der Waals surface area contributed by atoms with Crippen molar-refractivity contribution < 1.29 is 19.3 Å². The normalized spacial score (nSPS) is 10.4. The van der Waals surface area contributed by atoms with Crippen molar-refractivity contribution in [1.82, 2.24) is 0 Å². The average Bonchev–Trinajstić information content (AvgIpc) is 2.72. The number of aliphatic hydroxyl groups excluding tert-OH is 1. The molecule has 1 N–H and O–H groups in total. The molecule has 0 bridgehead atoms. The molecule has 0 aliphatic carbocycles. The molecular weight excluding hydrogens is 328 g/mol. The Bertz CT molecular complexity index is 816. The summed E-state index contributed by atoms with van der Waals surface area (Å²) in [5.74, 6) is 1.62. The first-order valence-electron chi connectivity index (χ1n) is 8.45. The third-order valence-electron chi connectivity index (χ3n) is 3.95. The van der Waals surface area contributed by atoms with Gasteiger partial charge >= 0.3 is 0 Å². The standard InChI is InChI=1S/C22H22O4/c1-24-20-12-19(14-23)13-21(25-15-17-8-4-2-5-9-17)22(20)26-16-18-10-6-3-7-11-18/h2-13,23H,14-16H2,1H3. The zero-order valence-electron chi connectivity index (χ0n) is 14.7. The molecule has 3 aromatic carbocycles. The van der Waals surface area contributed by atoms with Crippen LogP contribution in [0.25, 0.3) is 0 Å². The number of rotatable bonds is 8. The van der Waals surface area contributed by atoms with Crippen LogP contribution in [0.2, 0.25) is 0 Å². The van der Waals surface area contributed by atoms with E-state index in [2.05, 4.69) is 0 Å². The Morgan fingerprint density at radius 3 is 1.77 bits per heavy atom. The second-order valence-electron chi connectivity index (χ2n) is 5.83. The Labute approximate surface area is 153 Å². The molecule has 26 heavy (non-hydrogen) atoms. The van der Waals surface area contributed by atoms with Crippen molar-refractivity contribution >= 4 is 0 Å². The Kier molecular flexibility index (Phi) is 6.12. The van der Waals surface area contributed by atoms with Gasteiger partial charge in [0.1, 0.15) is 13.2 Å². The van der Waals surface area contributed by atoms with Gasteiger partial charge in [-0.1, -0.05) is 60.7 Å². The fourth-order valence-electron chi connectivity index (χ4n) is 2.59. The molecule has 0 aliphatic rings. The highest BCUT2D eigenvalue weighted by Gasteiger charge is 2.15. The highest BCUT2D eigenvalue weighted by atomic mass is 16.5. The van der Waals surface area contributed by atoms with Crippen LogP contribution < -0.4 is 14.2 Å². The van der Waals surface area contributed by atoms with E-state index in [-0.39, 0.29) is 6.61 Å². The van der Waals surface area contributed by atoms with Crippen molar-refractivity contribution in [2.45, 2.75) is 19.8 Å². The zero-order chi connectivity index (χ0) is 18.2. The molecular formula is C22H22O4. The van der Waals surface area contributed by atoms with E-state index in [9.17, 15) is 5.11 Å². The molecule has 0 amide bonds. The van der Waals surface area contributed by atoms with Crippen LogP contribution in [0.15, 0.2) is 72.8 Å². The fraction of sp³-hybridized carbons (Fsp3) is 0.182. The number of hydrogen-bond donors (Lipinski definition) is 1. The average molecular weight is 350 g/mol. The maximum absolute atomic E-state index is 9.51. The van der Waals surface area contributed by atoms with Gasteiger partial charge in [0.15, 0.2) is 11.5 Å². The molecule has 0 atom stereocenters. The molecule has 0 spiro atoms. The van der Waals surface area contributed by atoms with Crippen LogP contribution >= 0.6 is 0 Å². The largest absolute Gasteiger partial charge is 0.493 e. The topological polar surface area (TPSA) is 47.9 Å². The third kappa shape index (κ3) is 4.55. The SMILES string of the molecule is COc1cc(CO)cc(OCc2ccccc2)c1OCc1ccccc1. The molecule has 0 heterocycles. The molecule has 134 valence electrons. The van der Waals surface area contributed by atoms with Crippen LogP contribution in [-0.2, 0) is 19.8 Å². The summed E-state index contributed by atoms with van der Waals surface area (Å²) in [6, 6.07) is 23.3. The lowest BCUT2D eigenvalue weighted by atomic mass is 10.2. The van der Waals surface area contributed by atoms with Crippen LogP contribution in [0.3, 0.4) is 0 Å². The summed E-state index contributed by atoms with van der Waals surface area (Å²) in [7, 11) is 1.58. The Morgan fingerprint density at radius 1 is 0.692 bits per heavy atom. The van der Waals surface area contributed by atoms with E-state index in [0.717, 1.165) is 11.1 Å². The van der Waals surface area contributed by atoms with Crippen LogP contribution in [0.1, 0.15) is 16.7 Å². The molecule has 0 unspecified atom stereocenters. The van der Waals surface area contributed by atoms with Gasteiger partial charge in [-0.2, -0.15) is 0 Å². The summed E-state index contributed by atoms with van der Waals surface area (Å²) >= 11 is 0. The summed E-state index contributed by atoms with van der Waals surface area (Å²) in [4.78, 5) is 0. The number of hydrogen-bond acceptors (Lipinski definition) is 4. The monoisotopic (exact) mass is 350 g/mol. The molecule has 0 saturated carbocycles. The quantitative estimate of drug-likeness (QED) is 0.656. The van der Waals surface area contributed by atoms with Crippen LogP contribution in [0.4, 0.5) is 0 Å². The van der Waals surface area contributed by atoms with Gasteiger partial charge in [0.2, 0.25) is 5.75 Å². The smallest absolute Gasteiger partial charge is 0.203 e. The minimum atomic E-state index is -0.100. The first-order valence-corrected chi connectivity index (χ1v) is 8.45. The van der Waals surface area contributed by atoms with Gasteiger partial charge in [-0.25, -0.2) is 0 Å². The number of benzene rings is 3. The molecule has 3 aromatic rings. The van der Waals surface area contributed by atoms with Crippen LogP contribution in [0, 0.1) is 0 Å². The Morgan fingerprint density at radius 2 is 1.23 bits per heavy atom. The van der Waals surface area contributed by atoms with E-state index >= 15 is 0 Å². The molecule has 0 fully saturated rings. The number of methoxy groups -OCH3 is 1. The fourth-order valence-corrected chi connectivity index (χ4v) is 2.59. The maximum Gasteiger partial charge on any atom is 0.203 e. The molecule has 0 radical (unpaired) electrons. The molecule has 0 saturated heterocycles. The van der Waals surface area contributed by atoms with Crippen molar-refractivity contribution in [3.05, 3.63) is 89.5 Å². The summed E-state index contributed by atoms with van der Waals surface area (Å²) in [5, 5.41) is 9.51. The molecule has 0 aliphatic heterocycles. The first kappa shape index (κ1) is 17.8. The van der Waals surface area contributed by atoms with Gasteiger partial charge < -0.3 is 19.3 Å². The molecule has 0 aromatic heterocycles. The van der Waals surface area contributed by atoms with Gasteiger partial charge in [-0.15, -0.1) is 0 Å². The predicted octanol–water partition coefficient (Wildman–Crippen LogP) is 4.35. The van der Waals surface area contributed by atoms with E-state index in [1.165, 1.54) is 0 Å². The van der Waals surface area contributed by atoms with Gasteiger partial charge in [0.25, 0.3) is 0 Å². The van der Waals surface area contributed by atoms with Crippen molar-refractivity contribution in [3.63, 3.8) is 0 Å². The van der Waals surface area contributed by atoms with Gasteiger partial charge in [-0.3, -0.25) is 0 Å². The van der Waals surface area contributed by atoms with Crippen LogP contribution in [-0.4, -0.2) is 12.2 Å².